The standard InChI is InChI=1S/C38H43F6N3O6/c1-26-11-9-10-16-29(26)30-35(34(24-50,37(39,40)41)27-12-5-3-6-13-27)23-33(17-21-48,18-22-49)31(52)47(35)20-19-46(30)32(53)45(2)36(25-51,38(42,43)44)28-14-7-4-8-15-28/h3-16,30,48-51H,17-25H2,1-2H3. The Bertz CT molecular complexity index is 1760. The first kappa shape index (κ1) is 40.0. The molecule has 4 atom stereocenters. The summed E-state index contributed by atoms with van der Waals surface area (Å²) in [5.41, 5.74) is -11.8. The molecule has 3 amide bonds. The predicted molar refractivity (Wildman–Crippen MR) is 181 cm³/mol. The van der Waals surface area contributed by atoms with Crippen molar-refractivity contribution in [1.82, 2.24) is 14.7 Å². The van der Waals surface area contributed by atoms with Gasteiger partial charge in [0, 0.05) is 33.4 Å². The van der Waals surface area contributed by atoms with Crippen LogP contribution < -0.4 is 0 Å². The van der Waals surface area contributed by atoms with Crippen molar-refractivity contribution in [2.75, 3.05) is 46.6 Å². The number of carbonyl (C=O) groups is 2. The monoisotopic (exact) mass is 751 g/mol. The second-order valence-corrected chi connectivity index (χ2v) is 13.9. The maximum absolute atomic E-state index is 16.4. The minimum absolute atomic E-state index is 0.0647. The molecule has 2 saturated heterocycles. The van der Waals surface area contributed by atoms with Gasteiger partial charge in [-0.1, -0.05) is 84.9 Å². The van der Waals surface area contributed by atoms with Crippen LogP contribution in [0.2, 0.25) is 0 Å². The first-order chi connectivity index (χ1) is 25.0. The third kappa shape index (κ3) is 5.87. The van der Waals surface area contributed by atoms with Gasteiger partial charge in [0.15, 0.2) is 5.54 Å². The van der Waals surface area contributed by atoms with E-state index in [0.717, 1.165) is 41.1 Å². The molecule has 4 N–H and O–H groups in total. The number of amides is 3. The maximum Gasteiger partial charge on any atom is 0.418 e. The molecule has 2 aliphatic rings. The molecule has 53 heavy (non-hydrogen) atoms. The van der Waals surface area contributed by atoms with Crippen molar-refractivity contribution in [3.05, 3.63) is 107 Å². The molecule has 0 aliphatic carbocycles. The van der Waals surface area contributed by atoms with Crippen LogP contribution in [0.3, 0.4) is 0 Å². The van der Waals surface area contributed by atoms with Gasteiger partial charge in [-0.3, -0.25) is 4.79 Å². The zero-order valence-electron chi connectivity index (χ0n) is 29.2. The lowest BCUT2D eigenvalue weighted by atomic mass is 9.55. The van der Waals surface area contributed by atoms with E-state index in [4.69, 9.17) is 0 Å². The molecule has 2 fully saturated rings. The lowest BCUT2D eigenvalue weighted by Crippen LogP contribution is -2.76. The number of halogens is 6. The highest BCUT2D eigenvalue weighted by atomic mass is 19.4. The third-order valence-corrected chi connectivity index (χ3v) is 11.6. The molecule has 15 heteroatoms. The fraction of sp³-hybridized carbons (Fsp3) is 0.474. The van der Waals surface area contributed by atoms with Gasteiger partial charge in [-0.25, -0.2) is 4.79 Å². The molecule has 0 radical (unpaired) electrons. The summed E-state index contributed by atoms with van der Waals surface area (Å²) in [6, 6.07) is 15.3. The second-order valence-electron chi connectivity index (χ2n) is 13.9. The Morgan fingerprint density at radius 3 is 1.77 bits per heavy atom. The van der Waals surface area contributed by atoms with Crippen LogP contribution in [0.1, 0.15) is 47.6 Å². The van der Waals surface area contributed by atoms with Crippen molar-refractivity contribution in [2.45, 2.75) is 61.1 Å². The van der Waals surface area contributed by atoms with Gasteiger partial charge in [-0.15, -0.1) is 0 Å². The van der Waals surface area contributed by atoms with Crippen molar-refractivity contribution in [3.8, 4) is 0 Å². The van der Waals surface area contributed by atoms with E-state index in [1.54, 1.807) is 19.1 Å². The van der Waals surface area contributed by atoms with Crippen molar-refractivity contribution in [2.24, 2.45) is 5.41 Å². The van der Waals surface area contributed by atoms with Crippen molar-refractivity contribution >= 4 is 11.9 Å². The third-order valence-electron chi connectivity index (χ3n) is 11.6. The van der Waals surface area contributed by atoms with Crippen LogP contribution in [0.4, 0.5) is 31.1 Å². The number of aliphatic hydroxyl groups excluding tert-OH is 4. The van der Waals surface area contributed by atoms with Crippen LogP contribution in [0, 0.1) is 12.3 Å². The van der Waals surface area contributed by atoms with Crippen LogP contribution in [0.5, 0.6) is 0 Å². The molecule has 9 nitrogen and oxygen atoms in total. The maximum atomic E-state index is 16.4. The fourth-order valence-corrected chi connectivity index (χ4v) is 8.98. The number of hydrogen-bond acceptors (Lipinski definition) is 6. The number of piperazine rings is 1. The van der Waals surface area contributed by atoms with E-state index in [-0.39, 0.29) is 23.3 Å². The van der Waals surface area contributed by atoms with E-state index in [9.17, 15) is 30.0 Å². The molecule has 288 valence electrons. The van der Waals surface area contributed by atoms with E-state index in [2.05, 4.69) is 0 Å². The summed E-state index contributed by atoms with van der Waals surface area (Å²) < 4.78 is 95.2. The molecular weight excluding hydrogens is 708 g/mol. The van der Waals surface area contributed by atoms with Crippen LogP contribution in [0.15, 0.2) is 84.9 Å². The Balaban J connectivity index is 1.91. The average Bonchev–Trinajstić information content (AvgIpc) is 3.36. The van der Waals surface area contributed by atoms with E-state index >= 15 is 26.3 Å². The van der Waals surface area contributed by atoms with Crippen molar-refractivity contribution < 1.29 is 56.4 Å². The highest BCUT2D eigenvalue weighted by Gasteiger charge is 2.79. The fourth-order valence-electron chi connectivity index (χ4n) is 8.98. The van der Waals surface area contributed by atoms with Crippen LogP contribution in [0.25, 0.3) is 0 Å². The Hall–Kier alpha value is -4.18. The number of aryl methyl sites for hydroxylation is 1. The molecular formula is C38H43F6N3O6. The Labute approximate surface area is 303 Å². The highest BCUT2D eigenvalue weighted by molar-refractivity contribution is 5.88. The molecule has 5 rings (SSSR count). The number of carbonyl (C=O) groups excluding carboxylic acids is 2. The van der Waals surface area contributed by atoms with Gasteiger partial charge in [0.05, 0.1) is 30.2 Å². The Morgan fingerprint density at radius 2 is 1.30 bits per heavy atom. The molecule has 0 saturated carbocycles. The van der Waals surface area contributed by atoms with E-state index in [0.29, 0.717) is 5.56 Å². The average molecular weight is 752 g/mol. The summed E-state index contributed by atoms with van der Waals surface area (Å²) in [7, 11) is 0.814. The molecule has 4 unspecified atom stereocenters. The number of alkyl halides is 6. The number of likely N-dealkylation sites (N-methyl/N-ethyl adjacent to an activating group) is 1. The van der Waals surface area contributed by atoms with E-state index in [1.807, 2.05) is 0 Å². The van der Waals surface area contributed by atoms with Gasteiger partial charge in [0.1, 0.15) is 5.41 Å². The van der Waals surface area contributed by atoms with Gasteiger partial charge in [0.2, 0.25) is 5.91 Å². The SMILES string of the molecule is Cc1ccccc1C1N(C(=O)N(C)C(CO)(c2ccccc2)C(F)(F)F)CCN2C(=O)C(CCO)(CCO)CC12C(CO)(c1ccccc1)C(F)(F)F. The van der Waals surface area contributed by atoms with Crippen LogP contribution in [-0.2, 0) is 15.7 Å². The first-order valence-electron chi connectivity index (χ1n) is 17.1. The molecule has 2 aliphatic heterocycles. The molecule has 2 heterocycles. The number of fused-ring (bicyclic) bond motifs is 1. The zero-order valence-corrected chi connectivity index (χ0v) is 29.2. The van der Waals surface area contributed by atoms with Crippen LogP contribution in [-0.4, -0.2) is 112 Å². The first-order valence-corrected chi connectivity index (χ1v) is 17.1. The van der Waals surface area contributed by atoms with Crippen molar-refractivity contribution in [1.29, 1.82) is 0 Å². The lowest BCUT2D eigenvalue weighted by Gasteiger charge is -2.62. The second kappa shape index (κ2) is 14.6. The number of hydrogen-bond donors (Lipinski definition) is 4. The predicted octanol–water partition coefficient (Wildman–Crippen LogP) is 5.07. The Kier molecular flexibility index (Phi) is 11.0. The quantitative estimate of drug-likeness (QED) is 0.203. The highest BCUT2D eigenvalue weighted by Crippen LogP contribution is 2.66. The summed E-state index contributed by atoms with van der Waals surface area (Å²) >= 11 is 0. The van der Waals surface area contributed by atoms with Gasteiger partial charge in [-0.2, -0.15) is 26.3 Å². The molecule has 3 aromatic carbocycles. The van der Waals surface area contributed by atoms with Gasteiger partial charge >= 0.3 is 18.4 Å². The minimum Gasteiger partial charge on any atom is -0.396 e. The molecule has 3 aromatic rings. The smallest absolute Gasteiger partial charge is 0.396 e. The van der Waals surface area contributed by atoms with Gasteiger partial charge in [-0.05, 0) is 48.4 Å². The number of aliphatic hydroxyl groups is 4. The van der Waals surface area contributed by atoms with Gasteiger partial charge in [0.25, 0.3) is 0 Å². The lowest BCUT2D eigenvalue weighted by molar-refractivity contribution is -0.255. The number of rotatable bonds is 11. The number of benzene rings is 3. The summed E-state index contributed by atoms with van der Waals surface area (Å²) in [5, 5.41) is 42.3. The Morgan fingerprint density at radius 1 is 0.774 bits per heavy atom. The minimum atomic E-state index is -5.38. The normalized spacial score (nSPS) is 22.6. The summed E-state index contributed by atoms with van der Waals surface area (Å²) in [6.45, 7) is -4.22. The van der Waals surface area contributed by atoms with E-state index in [1.165, 1.54) is 48.5 Å². The topological polar surface area (TPSA) is 125 Å². The number of nitrogens with zero attached hydrogens (tertiary/aromatic N) is 3. The van der Waals surface area contributed by atoms with Crippen molar-refractivity contribution in [3.63, 3.8) is 0 Å². The summed E-state index contributed by atoms with van der Waals surface area (Å²) in [4.78, 5) is 31.8. The summed E-state index contributed by atoms with van der Waals surface area (Å²) in [5.74, 6) is -0.859. The molecule has 0 spiro atoms. The molecule has 0 bridgehead atoms. The number of urea groups is 1. The van der Waals surface area contributed by atoms with Gasteiger partial charge < -0.3 is 35.1 Å². The zero-order chi connectivity index (χ0) is 39.0. The molecule has 0 aromatic heterocycles. The van der Waals surface area contributed by atoms with E-state index < -0.39 is 109 Å². The largest absolute Gasteiger partial charge is 0.418 e. The summed E-state index contributed by atoms with van der Waals surface area (Å²) in [6.07, 6.45) is -12.2. The van der Waals surface area contributed by atoms with Crippen LogP contribution >= 0.6 is 0 Å².